The molecule has 4 atom stereocenters. The molecule has 2 aliphatic rings. The molecule has 0 radical (unpaired) electrons. The SMILES string of the molecule is C/C=C/C1=NOC2(CCO)C(CC(C)C(C)C)CNC(C)(C)C12. The lowest BCUT2D eigenvalue weighted by atomic mass is 9.61. The number of aliphatic hydroxyl groups is 1. The molecule has 0 aromatic heterocycles. The molecular formula is C19H34N2O2. The number of piperidine rings is 1. The fourth-order valence-electron chi connectivity index (χ4n) is 4.32. The number of hydrogen-bond donors (Lipinski definition) is 2. The van der Waals surface area contributed by atoms with Crippen LogP contribution in [0.5, 0.6) is 0 Å². The maximum Gasteiger partial charge on any atom is 0.154 e. The average molecular weight is 322 g/mol. The lowest BCUT2D eigenvalue weighted by molar-refractivity contribution is -0.139. The van der Waals surface area contributed by atoms with Crippen molar-refractivity contribution in [3.63, 3.8) is 0 Å². The van der Waals surface area contributed by atoms with Crippen LogP contribution in [0, 0.1) is 23.7 Å². The molecule has 1 saturated heterocycles. The van der Waals surface area contributed by atoms with Crippen molar-refractivity contribution < 1.29 is 9.94 Å². The molecule has 0 aliphatic carbocycles. The highest BCUT2D eigenvalue weighted by molar-refractivity contribution is 5.99. The van der Waals surface area contributed by atoms with Gasteiger partial charge in [-0.3, -0.25) is 0 Å². The van der Waals surface area contributed by atoms with Crippen LogP contribution in [-0.2, 0) is 4.84 Å². The molecule has 0 saturated carbocycles. The highest BCUT2D eigenvalue weighted by Crippen LogP contribution is 2.49. The molecule has 2 aliphatic heterocycles. The molecule has 2 rings (SSSR count). The van der Waals surface area contributed by atoms with E-state index in [2.05, 4.69) is 51.2 Å². The van der Waals surface area contributed by atoms with Gasteiger partial charge in [0.25, 0.3) is 0 Å². The van der Waals surface area contributed by atoms with Crippen LogP contribution in [0.2, 0.25) is 0 Å². The van der Waals surface area contributed by atoms with Crippen molar-refractivity contribution in [2.45, 2.75) is 65.5 Å². The molecule has 4 nitrogen and oxygen atoms in total. The Balaban J connectivity index is 2.37. The largest absolute Gasteiger partial charge is 0.396 e. The first kappa shape index (κ1) is 18.5. The van der Waals surface area contributed by atoms with E-state index in [0.29, 0.717) is 24.2 Å². The van der Waals surface area contributed by atoms with E-state index in [-0.39, 0.29) is 23.7 Å². The predicted molar refractivity (Wildman–Crippen MR) is 95.4 cm³/mol. The summed E-state index contributed by atoms with van der Waals surface area (Å²) in [5.74, 6) is 1.79. The minimum absolute atomic E-state index is 0.0957. The fourth-order valence-corrected chi connectivity index (χ4v) is 4.32. The second kappa shape index (κ2) is 6.94. The summed E-state index contributed by atoms with van der Waals surface area (Å²) in [6.07, 6.45) is 5.81. The highest BCUT2D eigenvalue weighted by atomic mass is 16.7. The van der Waals surface area contributed by atoms with Crippen LogP contribution in [0.1, 0.15) is 54.4 Å². The zero-order chi connectivity index (χ0) is 17.3. The Bertz CT molecular complexity index is 470. The second-order valence-electron chi connectivity index (χ2n) is 8.23. The normalized spacial score (nSPS) is 34.3. The lowest BCUT2D eigenvalue weighted by Gasteiger charge is -2.52. The summed E-state index contributed by atoms with van der Waals surface area (Å²) in [7, 11) is 0. The van der Waals surface area contributed by atoms with E-state index in [1.54, 1.807) is 0 Å². The van der Waals surface area contributed by atoms with Gasteiger partial charge in [0.2, 0.25) is 0 Å². The summed E-state index contributed by atoms with van der Waals surface area (Å²) in [5, 5.41) is 17.9. The number of aliphatic hydroxyl groups excluding tert-OH is 1. The Kier molecular flexibility index (Phi) is 5.57. The van der Waals surface area contributed by atoms with Crippen LogP contribution in [0.25, 0.3) is 0 Å². The van der Waals surface area contributed by atoms with Crippen LogP contribution in [0.15, 0.2) is 17.3 Å². The van der Waals surface area contributed by atoms with Gasteiger partial charge >= 0.3 is 0 Å². The zero-order valence-corrected chi connectivity index (χ0v) is 15.6. The van der Waals surface area contributed by atoms with Crippen LogP contribution in [0.3, 0.4) is 0 Å². The molecule has 0 amide bonds. The van der Waals surface area contributed by atoms with Gasteiger partial charge in [-0.2, -0.15) is 0 Å². The van der Waals surface area contributed by atoms with Gasteiger partial charge < -0.3 is 15.3 Å². The van der Waals surface area contributed by atoms with Gasteiger partial charge in [-0.15, -0.1) is 0 Å². The third kappa shape index (κ3) is 3.34. The molecule has 132 valence electrons. The van der Waals surface area contributed by atoms with E-state index >= 15 is 0 Å². The molecule has 4 heteroatoms. The first-order chi connectivity index (χ1) is 10.8. The van der Waals surface area contributed by atoms with Gasteiger partial charge in [0.05, 0.1) is 11.6 Å². The number of fused-ring (bicyclic) bond motifs is 1. The maximum atomic E-state index is 9.74. The summed E-state index contributed by atoms with van der Waals surface area (Å²) in [4.78, 5) is 6.12. The number of hydrogen-bond acceptors (Lipinski definition) is 4. The van der Waals surface area contributed by atoms with Gasteiger partial charge in [-0.1, -0.05) is 32.0 Å². The molecule has 0 spiro atoms. The molecule has 0 aromatic carbocycles. The molecule has 1 fully saturated rings. The minimum atomic E-state index is -0.387. The third-order valence-corrected chi connectivity index (χ3v) is 5.96. The summed E-state index contributed by atoms with van der Waals surface area (Å²) >= 11 is 0. The quantitative estimate of drug-likeness (QED) is 0.788. The Labute approximate surface area is 141 Å². The standard InChI is InChI=1S/C19H34N2O2/c1-7-8-16-17-18(5,6)20-12-15(11-14(4)13(2)3)19(17,9-10-22)23-21-16/h7-8,13-15,17,20,22H,9-12H2,1-6H3/b8-7+. The third-order valence-electron chi connectivity index (χ3n) is 5.96. The molecule has 0 bridgehead atoms. The topological polar surface area (TPSA) is 53.9 Å². The molecule has 2 heterocycles. The second-order valence-corrected chi connectivity index (χ2v) is 8.23. The van der Waals surface area contributed by atoms with E-state index in [1.165, 1.54) is 0 Å². The molecular weight excluding hydrogens is 288 g/mol. The van der Waals surface area contributed by atoms with Gasteiger partial charge in [-0.25, -0.2) is 0 Å². The Morgan fingerprint density at radius 2 is 2.09 bits per heavy atom. The van der Waals surface area contributed by atoms with Crippen LogP contribution in [-0.4, -0.2) is 35.1 Å². The first-order valence-electron chi connectivity index (χ1n) is 9.03. The first-order valence-corrected chi connectivity index (χ1v) is 9.03. The van der Waals surface area contributed by atoms with E-state index < -0.39 is 0 Å². The average Bonchev–Trinajstić information content (AvgIpc) is 2.84. The van der Waals surface area contributed by atoms with Gasteiger partial charge in [0.1, 0.15) is 0 Å². The van der Waals surface area contributed by atoms with Crippen molar-refractivity contribution in [1.82, 2.24) is 5.32 Å². The Hall–Kier alpha value is -0.870. The van der Waals surface area contributed by atoms with E-state index in [1.807, 2.05) is 13.0 Å². The van der Waals surface area contributed by atoms with E-state index in [0.717, 1.165) is 18.7 Å². The lowest BCUT2D eigenvalue weighted by Crippen LogP contribution is -2.67. The summed E-state index contributed by atoms with van der Waals surface area (Å²) in [6.45, 7) is 14.4. The maximum absolute atomic E-state index is 9.74. The highest BCUT2D eigenvalue weighted by Gasteiger charge is 2.61. The smallest absolute Gasteiger partial charge is 0.154 e. The molecule has 4 unspecified atom stereocenters. The van der Waals surface area contributed by atoms with Gasteiger partial charge in [0.15, 0.2) is 5.60 Å². The van der Waals surface area contributed by atoms with Gasteiger partial charge in [-0.05, 0) is 45.1 Å². The number of nitrogens with zero attached hydrogens (tertiary/aromatic N) is 1. The number of oxime groups is 1. The van der Waals surface area contributed by atoms with Crippen molar-refractivity contribution in [3.8, 4) is 0 Å². The molecule has 2 N–H and O–H groups in total. The summed E-state index contributed by atoms with van der Waals surface area (Å²) < 4.78 is 0. The summed E-state index contributed by atoms with van der Waals surface area (Å²) in [6, 6.07) is 0. The fraction of sp³-hybridized carbons (Fsp3) is 0.842. The van der Waals surface area contributed by atoms with Gasteiger partial charge in [0, 0.05) is 31.0 Å². The molecule has 23 heavy (non-hydrogen) atoms. The van der Waals surface area contributed by atoms with Crippen molar-refractivity contribution in [2.24, 2.45) is 28.8 Å². The number of rotatable bonds is 6. The zero-order valence-electron chi connectivity index (χ0n) is 15.6. The monoisotopic (exact) mass is 322 g/mol. The number of allylic oxidation sites excluding steroid dienone is 2. The Morgan fingerprint density at radius 1 is 1.39 bits per heavy atom. The van der Waals surface area contributed by atoms with Crippen molar-refractivity contribution >= 4 is 5.71 Å². The van der Waals surface area contributed by atoms with Crippen LogP contribution < -0.4 is 5.32 Å². The van der Waals surface area contributed by atoms with Crippen LogP contribution >= 0.6 is 0 Å². The minimum Gasteiger partial charge on any atom is -0.396 e. The summed E-state index contributed by atoms with van der Waals surface area (Å²) in [5.41, 5.74) is 0.517. The van der Waals surface area contributed by atoms with E-state index in [9.17, 15) is 5.11 Å². The number of nitrogens with one attached hydrogen (secondary N) is 1. The molecule has 0 aromatic rings. The Morgan fingerprint density at radius 3 is 2.65 bits per heavy atom. The van der Waals surface area contributed by atoms with Crippen molar-refractivity contribution in [1.29, 1.82) is 0 Å². The van der Waals surface area contributed by atoms with E-state index in [4.69, 9.17) is 4.84 Å². The predicted octanol–water partition coefficient (Wildman–Crippen LogP) is 3.37. The van der Waals surface area contributed by atoms with Crippen LogP contribution in [0.4, 0.5) is 0 Å². The van der Waals surface area contributed by atoms with Crippen molar-refractivity contribution in [2.75, 3.05) is 13.2 Å². The van der Waals surface area contributed by atoms with Crippen molar-refractivity contribution in [3.05, 3.63) is 12.2 Å².